The van der Waals surface area contributed by atoms with Crippen LogP contribution in [0.15, 0.2) is 24.3 Å². The molecule has 1 saturated heterocycles. The van der Waals surface area contributed by atoms with Crippen molar-refractivity contribution in [2.24, 2.45) is 5.73 Å². The number of nitrogens with two attached hydrogens (primary N) is 1. The van der Waals surface area contributed by atoms with Crippen molar-refractivity contribution in [2.45, 2.75) is 38.1 Å². The number of nitrogens with zero attached hydrogens (tertiary/aromatic N) is 1. The third-order valence-corrected chi connectivity index (χ3v) is 4.64. The summed E-state index contributed by atoms with van der Waals surface area (Å²) in [6.45, 7) is 2.69. The molecule has 1 atom stereocenters. The van der Waals surface area contributed by atoms with Crippen molar-refractivity contribution in [2.75, 3.05) is 40.0 Å². The molecule has 1 aliphatic rings. The Hall–Kier alpha value is -2.12. The third kappa shape index (κ3) is 6.84. The van der Waals surface area contributed by atoms with E-state index >= 15 is 0 Å². The second-order valence-corrected chi connectivity index (χ2v) is 6.71. The number of likely N-dealkylation sites (tertiary alicyclic amines) is 1. The number of rotatable bonds is 10. The molecular formula is C20H31N3O4. The van der Waals surface area contributed by atoms with E-state index in [4.69, 9.17) is 15.2 Å². The van der Waals surface area contributed by atoms with Gasteiger partial charge in [0.1, 0.15) is 5.75 Å². The maximum Gasteiger partial charge on any atom is 0.254 e. The van der Waals surface area contributed by atoms with Gasteiger partial charge in [-0.2, -0.15) is 0 Å². The molecular weight excluding hydrogens is 346 g/mol. The van der Waals surface area contributed by atoms with E-state index in [0.717, 1.165) is 25.7 Å². The second-order valence-electron chi connectivity index (χ2n) is 6.71. The van der Waals surface area contributed by atoms with Gasteiger partial charge in [-0.05, 0) is 37.5 Å². The topological polar surface area (TPSA) is 93.9 Å². The first kappa shape index (κ1) is 21.2. The monoisotopic (exact) mass is 377 g/mol. The predicted octanol–water partition coefficient (Wildman–Crippen LogP) is 1.56. The van der Waals surface area contributed by atoms with Gasteiger partial charge in [0.05, 0.1) is 6.61 Å². The van der Waals surface area contributed by atoms with Crippen molar-refractivity contribution in [1.82, 2.24) is 10.2 Å². The number of nitrogens with one attached hydrogen (secondary N) is 1. The number of methoxy groups -OCH3 is 1. The summed E-state index contributed by atoms with van der Waals surface area (Å²) >= 11 is 0. The quantitative estimate of drug-likeness (QED) is 0.604. The SMILES string of the molecule is COCCCOc1cccc(C(=O)N2CCCCC2CNC(=O)CCN)c1. The Morgan fingerprint density at radius 3 is 2.93 bits per heavy atom. The number of ether oxygens (including phenoxy) is 2. The third-order valence-electron chi connectivity index (χ3n) is 4.64. The number of piperidine rings is 1. The fraction of sp³-hybridized carbons (Fsp3) is 0.600. The minimum atomic E-state index is -0.0677. The highest BCUT2D eigenvalue weighted by Gasteiger charge is 2.27. The summed E-state index contributed by atoms with van der Waals surface area (Å²) in [5, 5.41) is 2.89. The lowest BCUT2D eigenvalue weighted by molar-refractivity contribution is -0.121. The van der Waals surface area contributed by atoms with Gasteiger partial charge in [0.25, 0.3) is 5.91 Å². The number of carbonyl (C=O) groups excluding carboxylic acids is 2. The molecule has 1 heterocycles. The molecule has 0 aliphatic carbocycles. The summed E-state index contributed by atoms with van der Waals surface area (Å²) in [7, 11) is 1.66. The highest BCUT2D eigenvalue weighted by molar-refractivity contribution is 5.95. The number of hydrogen-bond donors (Lipinski definition) is 2. The Bertz CT molecular complexity index is 609. The molecule has 27 heavy (non-hydrogen) atoms. The Labute approximate surface area is 161 Å². The van der Waals surface area contributed by atoms with Crippen LogP contribution in [0.1, 0.15) is 42.5 Å². The van der Waals surface area contributed by atoms with Gasteiger partial charge in [0.15, 0.2) is 0 Å². The highest BCUT2D eigenvalue weighted by Crippen LogP contribution is 2.21. The van der Waals surface area contributed by atoms with Gasteiger partial charge >= 0.3 is 0 Å². The molecule has 1 fully saturated rings. The van der Waals surface area contributed by atoms with Gasteiger partial charge in [0, 0.05) is 57.8 Å². The van der Waals surface area contributed by atoms with Crippen molar-refractivity contribution in [3.05, 3.63) is 29.8 Å². The number of carbonyl (C=O) groups is 2. The van der Waals surface area contributed by atoms with E-state index in [1.807, 2.05) is 23.1 Å². The zero-order valence-corrected chi connectivity index (χ0v) is 16.1. The standard InChI is InChI=1S/C20H31N3O4/c1-26-12-5-13-27-18-8-4-6-16(14-18)20(25)23-11-3-2-7-17(23)15-22-19(24)9-10-21/h4,6,8,14,17H,2-3,5,7,9-13,15,21H2,1H3,(H,22,24). The van der Waals surface area contributed by atoms with Crippen LogP contribution in [0.5, 0.6) is 5.75 Å². The van der Waals surface area contributed by atoms with Crippen molar-refractivity contribution in [3.8, 4) is 5.75 Å². The summed E-state index contributed by atoms with van der Waals surface area (Å²) in [6, 6.07) is 7.29. The van der Waals surface area contributed by atoms with Crippen molar-refractivity contribution in [1.29, 1.82) is 0 Å². The Kier molecular flexibility index (Phi) is 9.07. The first-order chi connectivity index (χ1) is 13.2. The maximum atomic E-state index is 13.0. The van der Waals surface area contributed by atoms with E-state index in [1.165, 1.54) is 0 Å². The molecule has 1 aromatic rings. The van der Waals surface area contributed by atoms with Gasteiger partial charge in [-0.25, -0.2) is 0 Å². The molecule has 0 spiro atoms. The zero-order valence-electron chi connectivity index (χ0n) is 16.1. The normalized spacial score (nSPS) is 16.8. The number of hydrogen-bond acceptors (Lipinski definition) is 5. The summed E-state index contributed by atoms with van der Waals surface area (Å²) in [6.07, 6.45) is 4.03. The summed E-state index contributed by atoms with van der Waals surface area (Å²) in [5.74, 6) is 0.596. The van der Waals surface area contributed by atoms with Gasteiger partial charge < -0.3 is 25.4 Å². The Balaban J connectivity index is 1.97. The van der Waals surface area contributed by atoms with Crippen LogP contribution in [0.3, 0.4) is 0 Å². The van der Waals surface area contributed by atoms with E-state index in [2.05, 4.69) is 5.32 Å². The fourth-order valence-electron chi connectivity index (χ4n) is 3.21. The van der Waals surface area contributed by atoms with Gasteiger partial charge in [-0.3, -0.25) is 9.59 Å². The summed E-state index contributed by atoms with van der Waals surface area (Å²) in [5.41, 5.74) is 6.02. The molecule has 7 heteroatoms. The molecule has 0 saturated carbocycles. The molecule has 7 nitrogen and oxygen atoms in total. The molecule has 0 aromatic heterocycles. The molecule has 0 bridgehead atoms. The van der Waals surface area contributed by atoms with Crippen LogP contribution < -0.4 is 15.8 Å². The van der Waals surface area contributed by atoms with E-state index in [0.29, 0.717) is 50.6 Å². The number of amides is 2. The lowest BCUT2D eigenvalue weighted by atomic mass is 10.0. The van der Waals surface area contributed by atoms with E-state index in [1.54, 1.807) is 13.2 Å². The lowest BCUT2D eigenvalue weighted by Crippen LogP contribution is -2.49. The summed E-state index contributed by atoms with van der Waals surface area (Å²) in [4.78, 5) is 26.6. The van der Waals surface area contributed by atoms with Crippen LogP contribution in [0.4, 0.5) is 0 Å². The van der Waals surface area contributed by atoms with Crippen LogP contribution in [0.25, 0.3) is 0 Å². The molecule has 150 valence electrons. The highest BCUT2D eigenvalue weighted by atomic mass is 16.5. The molecule has 2 amide bonds. The molecule has 1 aromatic carbocycles. The van der Waals surface area contributed by atoms with Crippen LogP contribution >= 0.6 is 0 Å². The first-order valence-electron chi connectivity index (χ1n) is 9.65. The Morgan fingerprint density at radius 1 is 1.30 bits per heavy atom. The molecule has 3 N–H and O–H groups in total. The summed E-state index contributed by atoms with van der Waals surface area (Å²) < 4.78 is 10.7. The van der Waals surface area contributed by atoms with Crippen molar-refractivity contribution >= 4 is 11.8 Å². The Morgan fingerprint density at radius 2 is 2.15 bits per heavy atom. The van der Waals surface area contributed by atoms with Crippen molar-refractivity contribution < 1.29 is 19.1 Å². The smallest absolute Gasteiger partial charge is 0.254 e. The fourth-order valence-corrected chi connectivity index (χ4v) is 3.21. The van der Waals surface area contributed by atoms with Gasteiger partial charge in [0.2, 0.25) is 5.91 Å². The lowest BCUT2D eigenvalue weighted by Gasteiger charge is -2.36. The number of benzene rings is 1. The zero-order chi connectivity index (χ0) is 19.5. The van der Waals surface area contributed by atoms with Crippen LogP contribution in [-0.2, 0) is 9.53 Å². The molecule has 0 radical (unpaired) electrons. The van der Waals surface area contributed by atoms with Crippen LogP contribution in [0.2, 0.25) is 0 Å². The molecule has 2 rings (SSSR count). The average molecular weight is 377 g/mol. The van der Waals surface area contributed by atoms with Crippen LogP contribution in [-0.4, -0.2) is 62.7 Å². The van der Waals surface area contributed by atoms with E-state index in [9.17, 15) is 9.59 Å². The molecule has 1 aliphatic heterocycles. The van der Waals surface area contributed by atoms with E-state index in [-0.39, 0.29) is 17.9 Å². The first-order valence-corrected chi connectivity index (χ1v) is 9.65. The largest absolute Gasteiger partial charge is 0.493 e. The van der Waals surface area contributed by atoms with Crippen LogP contribution in [0, 0.1) is 0 Å². The minimum absolute atomic E-state index is 0.0132. The van der Waals surface area contributed by atoms with Gasteiger partial charge in [-0.1, -0.05) is 6.07 Å². The van der Waals surface area contributed by atoms with Gasteiger partial charge in [-0.15, -0.1) is 0 Å². The predicted molar refractivity (Wildman–Crippen MR) is 104 cm³/mol. The minimum Gasteiger partial charge on any atom is -0.493 e. The van der Waals surface area contributed by atoms with Crippen molar-refractivity contribution in [3.63, 3.8) is 0 Å². The van der Waals surface area contributed by atoms with E-state index < -0.39 is 0 Å². The maximum absolute atomic E-state index is 13.0. The second kappa shape index (κ2) is 11.6. The molecule has 1 unspecified atom stereocenters. The average Bonchev–Trinajstić information content (AvgIpc) is 2.70.